The molecule has 0 aliphatic rings. The van der Waals surface area contributed by atoms with Crippen molar-refractivity contribution in [3.63, 3.8) is 0 Å². The standard InChI is InChI=1S/C15H25N3/c1-2-3-4-5-6-7-15(18-16)9-8-14-10-12-17-13-11-14/h2,10-13,15,18H,1,3-9,16H2. The van der Waals surface area contributed by atoms with E-state index in [9.17, 15) is 0 Å². The maximum absolute atomic E-state index is 5.60. The highest BCUT2D eigenvalue weighted by atomic mass is 15.2. The van der Waals surface area contributed by atoms with Crippen molar-refractivity contribution < 1.29 is 0 Å². The zero-order chi connectivity index (χ0) is 13.1. The molecule has 1 unspecified atom stereocenters. The highest BCUT2D eigenvalue weighted by Crippen LogP contribution is 2.10. The first kappa shape index (κ1) is 14.9. The van der Waals surface area contributed by atoms with Crippen LogP contribution < -0.4 is 11.3 Å². The minimum Gasteiger partial charge on any atom is -0.271 e. The predicted molar refractivity (Wildman–Crippen MR) is 77.0 cm³/mol. The van der Waals surface area contributed by atoms with Crippen LogP contribution in [0.1, 0.15) is 44.1 Å². The van der Waals surface area contributed by atoms with Gasteiger partial charge in [0.15, 0.2) is 0 Å². The van der Waals surface area contributed by atoms with Crippen molar-refractivity contribution in [3.05, 3.63) is 42.7 Å². The van der Waals surface area contributed by atoms with Gasteiger partial charge in [-0.2, -0.15) is 0 Å². The average Bonchev–Trinajstić information content (AvgIpc) is 2.43. The van der Waals surface area contributed by atoms with Crippen LogP contribution in [0.4, 0.5) is 0 Å². The third-order valence-corrected chi connectivity index (χ3v) is 3.23. The van der Waals surface area contributed by atoms with Crippen LogP contribution in [0, 0.1) is 0 Å². The van der Waals surface area contributed by atoms with E-state index < -0.39 is 0 Å². The van der Waals surface area contributed by atoms with Gasteiger partial charge < -0.3 is 0 Å². The first-order chi connectivity index (χ1) is 8.86. The third kappa shape index (κ3) is 6.52. The van der Waals surface area contributed by atoms with E-state index in [4.69, 9.17) is 5.84 Å². The van der Waals surface area contributed by atoms with Gasteiger partial charge in [-0.25, -0.2) is 0 Å². The van der Waals surface area contributed by atoms with E-state index in [-0.39, 0.29) is 0 Å². The van der Waals surface area contributed by atoms with Gasteiger partial charge in [-0.3, -0.25) is 16.3 Å². The molecule has 0 saturated heterocycles. The molecular formula is C15H25N3. The molecule has 1 aromatic rings. The van der Waals surface area contributed by atoms with E-state index in [0.717, 1.165) is 25.7 Å². The molecule has 0 radical (unpaired) electrons. The monoisotopic (exact) mass is 247 g/mol. The van der Waals surface area contributed by atoms with Crippen molar-refractivity contribution in [2.45, 2.75) is 51.0 Å². The van der Waals surface area contributed by atoms with E-state index in [1.165, 1.54) is 24.8 Å². The smallest absolute Gasteiger partial charge is 0.0270 e. The number of aryl methyl sites for hydroxylation is 1. The highest BCUT2D eigenvalue weighted by molar-refractivity contribution is 5.09. The number of hydrogen-bond donors (Lipinski definition) is 2. The number of hydrazine groups is 1. The van der Waals surface area contributed by atoms with Gasteiger partial charge in [-0.1, -0.05) is 18.9 Å². The van der Waals surface area contributed by atoms with E-state index in [1.807, 2.05) is 18.5 Å². The Labute approximate surface area is 110 Å². The summed E-state index contributed by atoms with van der Waals surface area (Å²) >= 11 is 0. The van der Waals surface area contributed by atoms with Gasteiger partial charge in [0.05, 0.1) is 0 Å². The summed E-state index contributed by atoms with van der Waals surface area (Å²) < 4.78 is 0. The van der Waals surface area contributed by atoms with Gasteiger partial charge in [0.1, 0.15) is 0 Å². The Morgan fingerprint density at radius 2 is 2.00 bits per heavy atom. The van der Waals surface area contributed by atoms with Crippen molar-refractivity contribution in [1.29, 1.82) is 0 Å². The number of nitrogens with one attached hydrogen (secondary N) is 1. The maximum Gasteiger partial charge on any atom is 0.0270 e. The Bertz CT molecular complexity index is 311. The fourth-order valence-corrected chi connectivity index (χ4v) is 2.06. The van der Waals surface area contributed by atoms with Gasteiger partial charge in [-0.15, -0.1) is 6.58 Å². The minimum absolute atomic E-state index is 0.418. The van der Waals surface area contributed by atoms with Crippen LogP contribution in [-0.2, 0) is 6.42 Å². The summed E-state index contributed by atoms with van der Waals surface area (Å²) in [5, 5.41) is 0. The van der Waals surface area contributed by atoms with Crippen molar-refractivity contribution in [1.82, 2.24) is 10.4 Å². The SMILES string of the molecule is C=CCCCCCC(CCc1ccncc1)NN. The largest absolute Gasteiger partial charge is 0.271 e. The second-order valence-electron chi connectivity index (χ2n) is 4.68. The second kappa shape index (κ2) is 9.80. The Balaban J connectivity index is 2.15. The van der Waals surface area contributed by atoms with E-state index >= 15 is 0 Å². The van der Waals surface area contributed by atoms with Crippen LogP contribution in [0.15, 0.2) is 37.2 Å². The molecule has 0 fully saturated rings. The molecule has 3 N–H and O–H groups in total. The van der Waals surface area contributed by atoms with Gasteiger partial charge in [0.25, 0.3) is 0 Å². The topological polar surface area (TPSA) is 50.9 Å². The quantitative estimate of drug-likeness (QED) is 0.289. The third-order valence-electron chi connectivity index (χ3n) is 3.23. The molecular weight excluding hydrogens is 222 g/mol. The van der Waals surface area contributed by atoms with E-state index in [1.54, 1.807) is 0 Å². The summed E-state index contributed by atoms with van der Waals surface area (Å²) in [6.07, 6.45) is 13.8. The molecule has 1 heterocycles. The molecule has 3 nitrogen and oxygen atoms in total. The number of rotatable bonds is 10. The van der Waals surface area contributed by atoms with Crippen LogP contribution in [0.3, 0.4) is 0 Å². The molecule has 0 bridgehead atoms. The Kier molecular flexibility index (Phi) is 8.10. The van der Waals surface area contributed by atoms with Crippen LogP contribution in [-0.4, -0.2) is 11.0 Å². The summed E-state index contributed by atoms with van der Waals surface area (Å²) in [7, 11) is 0. The lowest BCUT2D eigenvalue weighted by atomic mass is 10.0. The summed E-state index contributed by atoms with van der Waals surface area (Å²) in [6, 6.07) is 4.55. The number of nitrogens with zero attached hydrogens (tertiary/aromatic N) is 1. The first-order valence-corrected chi connectivity index (χ1v) is 6.82. The highest BCUT2D eigenvalue weighted by Gasteiger charge is 2.06. The molecule has 0 aliphatic heterocycles. The fourth-order valence-electron chi connectivity index (χ4n) is 2.06. The lowest BCUT2D eigenvalue weighted by Crippen LogP contribution is -2.35. The van der Waals surface area contributed by atoms with Crippen molar-refractivity contribution in [3.8, 4) is 0 Å². The zero-order valence-corrected chi connectivity index (χ0v) is 11.1. The van der Waals surface area contributed by atoms with Crippen molar-refractivity contribution in [2.75, 3.05) is 0 Å². The summed E-state index contributed by atoms with van der Waals surface area (Å²) in [5.74, 6) is 5.60. The molecule has 100 valence electrons. The Morgan fingerprint density at radius 1 is 1.22 bits per heavy atom. The van der Waals surface area contributed by atoms with E-state index in [0.29, 0.717) is 6.04 Å². The maximum atomic E-state index is 5.60. The summed E-state index contributed by atoms with van der Waals surface area (Å²) in [6.45, 7) is 3.74. The molecule has 1 atom stereocenters. The minimum atomic E-state index is 0.418. The van der Waals surface area contributed by atoms with Gasteiger partial charge >= 0.3 is 0 Å². The van der Waals surface area contributed by atoms with Crippen LogP contribution >= 0.6 is 0 Å². The summed E-state index contributed by atoms with van der Waals surface area (Å²) in [4.78, 5) is 4.02. The first-order valence-electron chi connectivity index (χ1n) is 6.82. The van der Waals surface area contributed by atoms with Gasteiger partial charge in [-0.05, 0) is 49.8 Å². The second-order valence-corrected chi connectivity index (χ2v) is 4.68. The predicted octanol–water partition coefficient (Wildman–Crippen LogP) is 2.98. The lowest BCUT2D eigenvalue weighted by molar-refractivity contribution is 0.442. The van der Waals surface area contributed by atoms with Crippen LogP contribution in [0.5, 0.6) is 0 Å². The van der Waals surface area contributed by atoms with Crippen molar-refractivity contribution in [2.24, 2.45) is 5.84 Å². The molecule has 0 aromatic carbocycles. The molecule has 0 spiro atoms. The molecule has 18 heavy (non-hydrogen) atoms. The van der Waals surface area contributed by atoms with Gasteiger partial charge in [0, 0.05) is 18.4 Å². The lowest BCUT2D eigenvalue weighted by Gasteiger charge is -2.15. The van der Waals surface area contributed by atoms with Crippen LogP contribution in [0.25, 0.3) is 0 Å². The Hall–Kier alpha value is -1.19. The fraction of sp³-hybridized carbons (Fsp3) is 0.533. The number of unbranched alkanes of at least 4 members (excludes halogenated alkanes) is 3. The molecule has 3 heteroatoms. The summed E-state index contributed by atoms with van der Waals surface area (Å²) in [5.41, 5.74) is 4.26. The molecule has 1 aromatic heterocycles. The van der Waals surface area contributed by atoms with E-state index in [2.05, 4.69) is 29.1 Å². The number of hydrogen-bond acceptors (Lipinski definition) is 3. The normalized spacial score (nSPS) is 12.3. The zero-order valence-electron chi connectivity index (χ0n) is 11.1. The number of nitrogens with two attached hydrogens (primary N) is 1. The van der Waals surface area contributed by atoms with Crippen molar-refractivity contribution >= 4 is 0 Å². The molecule has 0 amide bonds. The Morgan fingerprint density at radius 3 is 2.67 bits per heavy atom. The van der Waals surface area contributed by atoms with Crippen LogP contribution in [0.2, 0.25) is 0 Å². The molecule has 0 aliphatic carbocycles. The number of allylic oxidation sites excluding steroid dienone is 1. The number of aromatic nitrogens is 1. The molecule has 1 rings (SSSR count). The molecule has 0 saturated carbocycles. The van der Waals surface area contributed by atoms with Gasteiger partial charge in [0.2, 0.25) is 0 Å². The average molecular weight is 247 g/mol. The number of pyridine rings is 1.